The standard InChI is InChI=1S/C11H14N4O3S/c1-7-8(2)14-18-11(7)15-19(16,17)10-6-4-3-5-9(10)13-12/h3-6,13,15H,12H2,1-2H3. The summed E-state index contributed by atoms with van der Waals surface area (Å²) in [4.78, 5) is 0.0333. The van der Waals surface area contributed by atoms with E-state index in [1.54, 1.807) is 32.0 Å². The average molecular weight is 282 g/mol. The first-order chi connectivity index (χ1) is 8.95. The highest BCUT2D eigenvalue weighted by atomic mass is 32.2. The van der Waals surface area contributed by atoms with Crippen LogP contribution >= 0.6 is 0 Å². The van der Waals surface area contributed by atoms with Crippen molar-refractivity contribution in [3.05, 3.63) is 35.5 Å². The molecule has 2 rings (SSSR count). The van der Waals surface area contributed by atoms with Gasteiger partial charge in [0.25, 0.3) is 10.0 Å². The highest BCUT2D eigenvalue weighted by Crippen LogP contribution is 2.25. The summed E-state index contributed by atoms with van der Waals surface area (Å²) in [5.41, 5.74) is 3.91. The lowest BCUT2D eigenvalue weighted by Crippen LogP contribution is -2.17. The fourth-order valence-corrected chi connectivity index (χ4v) is 2.73. The molecule has 0 fully saturated rings. The normalized spacial score (nSPS) is 11.3. The third kappa shape index (κ3) is 2.54. The van der Waals surface area contributed by atoms with Gasteiger partial charge in [0.15, 0.2) is 0 Å². The Morgan fingerprint density at radius 1 is 1.26 bits per heavy atom. The van der Waals surface area contributed by atoms with E-state index in [9.17, 15) is 8.42 Å². The second-order valence-electron chi connectivity index (χ2n) is 3.97. The largest absolute Gasteiger partial charge is 0.337 e. The zero-order valence-electron chi connectivity index (χ0n) is 10.5. The first kappa shape index (κ1) is 13.4. The second kappa shape index (κ2) is 4.90. The van der Waals surface area contributed by atoms with Gasteiger partial charge in [-0.15, -0.1) is 0 Å². The van der Waals surface area contributed by atoms with Gasteiger partial charge in [-0.2, -0.15) is 0 Å². The average Bonchev–Trinajstić information content (AvgIpc) is 2.70. The molecule has 0 unspecified atom stereocenters. The number of sulfonamides is 1. The van der Waals surface area contributed by atoms with Crippen LogP contribution in [0.15, 0.2) is 33.7 Å². The summed E-state index contributed by atoms with van der Waals surface area (Å²) >= 11 is 0. The monoisotopic (exact) mass is 282 g/mol. The molecule has 7 nitrogen and oxygen atoms in total. The van der Waals surface area contributed by atoms with E-state index in [0.29, 0.717) is 16.9 Å². The quantitative estimate of drug-likeness (QED) is 0.577. The van der Waals surface area contributed by atoms with Crippen LogP contribution < -0.4 is 16.0 Å². The van der Waals surface area contributed by atoms with Crippen LogP contribution in [-0.4, -0.2) is 13.6 Å². The number of nitrogens with one attached hydrogen (secondary N) is 2. The lowest BCUT2D eigenvalue weighted by molar-refractivity contribution is 0.430. The van der Waals surface area contributed by atoms with Crippen molar-refractivity contribution in [1.82, 2.24) is 5.16 Å². The molecule has 8 heteroatoms. The van der Waals surface area contributed by atoms with E-state index >= 15 is 0 Å². The van der Waals surface area contributed by atoms with Crippen LogP contribution in [0.4, 0.5) is 11.6 Å². The zero-order chi connectivity index (χ0) is 14.0. The van der Waals surface area contributed by atoms with Crippen LogP contribution in [0.1, 0.15) is 11.3 Å². The van der Waals surface area contributed by atoms with Crippen molar-refractivity contribution in [1.29, 1.82) is 0 Å². The van der Waals surface area contributed by atoms with Crippen molar-refractivity contribution < 1.29 is 12.9 Å². The molecule has 0 atom stereocenters. The number of nitrogens with zero attached hydrogens (tertiary/aromatic N) is 1. The summed E-state index contributed by atoms with van der Waals surface area (Å²) in [6, 6.07) is 6.29. The number of anilines is 2. The minimum absolute atomic E-state index is 0.0333. The van der Waals surface area contributed by atoms with Gasteiger partial charge < -0.3 is 9.95 Å². The van der Waals surface area contributed by atoms with Crippen LogP contribution in [0.5, 0.6) is 0 Å². The number of nitrogen functional groups attached to an aromatic ring is 1. The number of hydrogen-bond donors (Lipinski definition) is 3. The lowest BCUT2D eigenvalue weighted by atomic mass is 10.3. The third-order valence-corrected chi connectivity index (χ3v) is 4.11. The summed E-state index contributed by atoms with van der Waals surface area (Å²) < 4.78 is 31.8. The predicted octanol–water partition coefficient (Wildman–Crippen LogP) is 1.38. The Hall–Kier alpha value is -2.06. The van der Waals surface area contributed by atoms with Crippen LogP contribution in [0.3, 0.4) is 0 Å². The molecule has 1 heterocycles. The Kier molecular flexibility index (Phi) is 3.45. The summed E-state index contributed by atoms with van der Waals surface area (Å²) in [6.45, 7) is 3.45. The molecule has 19 heavy (non-hydrogen) atoms. The maximum absolute atomic E-state index is 12.2. The molecular weight excluding hydrogens is 268 g/mol. The second-order valence-corrected chi connectivity index (χ2v) is 5.62. The molecule has 0 bridgehead atoms. The fraction of sp³-hybridized carbons (Fsp3) is 0.182. The molecule has 0 radical (unpaired) electrons. The number of benzene rings is 1. The van der Waals surface area contributed by atoms with Crippen LogP contribution in [-0.2, 0) is 10.0 Å². The van der Waals surface area contributed by atoms with Crippen molar-refractivity contribution in [3.8, 4) is 0 Å². The van der Waals surface area contributed by atoms with E-state index in [1.165, 1.54) is 6.07 Å². The molecule has 0 aliphatic heterocycles. The molecule has 1 aromatic carbocycles. The molecule has 102 valence electrons. The van der Waals surface area contributed by atoms with Crippen molar-refractivity contribution in [2.24, 2.45) is 5.84 Å². The Balaban J connectivity index is 2.41. The number of rotatable bonds is 4. The summed E-state index contributed by atoms with van der Waals surface area (Å²) in [5.74, 6) is 5.40. The van der Waals surface area contributed by atoms with Gasteiger partial charge in [0, 0.05) is 5.56 Å². The number of hydrazine groups is 1. The molecule has 2 aromatic rings. The fourth-order valence-electron chi connectivity index (χ4n) is 1.51. The Morgan fingerprint density at radius 2 is 1.95 bits per heavy atom. The molecular formula is C11H14N4O3S. The van der Waals surface area contributed by atoms with Crippen molar-refractivity contribution in [2.75, 3.05) is 10.1 Å². The van der Waals surface area contributed by atoms with E-state index in [1.807, 2.05) is 0 Å². The highest BCUT2D eigenvalue weighted by molar-refractivity contribution is 7.92. The molecule has 0 aliphatic rings. The van der Waals surface area contributed by atoms with E-state index in [0.717, 1.165) is 0 Å². The number of para-hydroxylation sites is 1. The molecule has 4 N–H and O–H groups in total. The Morgan fingerprint density at radius 3 is 2.53 bits per heavy atom. The number of nitrogens with two attached hydrogens (primary N) is 1. The first-order valence-electron chi connectivity index (χ1n) is 5.47. The molecule has 0 spiro atoms. The van der Waals surface area contributed by atoms with E-state index in [2.05, 4.69) is 15.3 Å². The van der Waals surface area contributed by atoms with Gasteiger partial charge in [-0.25, -0.2) is 13.1 Å². The highest BCUT2D eigenvalue weighted by Gasteiger charge is 2.21. The molecule has 0 saturated heterocycles. The number of aryl methyl sites for hydroxylation is 1. The number of aromatic nitrogens is 1. The maximum atomic E-state index is 12.2. The van der Waals surface area contributed by atoms with Gasteiger partial charge >= 0.3 is 0 Å². The molecule has 0 saturated carbocycles. The number of hydrogen-bond acceptors (Lipinski definition) is 6. The van der Waals surface area contributed by atoms with E-state index < -0.39 is 10.0 Å². The Labute approximate surface area is 110 Å². The van der Waals surface area contributed by atoms with Crippen LogP contribution in [0, 0.1) is 13.8 Å². The topological polar surface area (TPSA) is 110 Å². The predicted molar refractivity (Wildman–Crippen MR) is 71.0 cm³/mol. The zero-order valence-corrected chi connectivity index (χ0v) is 11.3. The van der Waals surface area contributed by atoms with Gasteiger partial charge in [0.05, 0.1) is 11.4 Å². The summed E-state index contributed by atoms with van der Waals surface area (Å²) in [5, 5.41) is 3.69. The first-order valence-corrected chi connectivity index (χ1v) is 6.95. The van der Waals surface area contributed by atoms with Gasteiger partial charge in [-0.05, 0) is 26.0 Å². The summed E-state index contributed by atoms with van der Waals surface area (Å²) in [6.07, 6.45) is 0. The smallest absolute Gasteiger partial charge is 0.266 e. The summed E-state index contributed by atoms with van der Waals surface area (Å²) in [7, 11) is -3.79. The Bertz CT molecular complexity index is 694. The van der Waals surface area contributed by atoms with Gasteiger partial charge in [-0.3, -0.25) is 5.84 Å². The van der Waals surface area contributed by atoms with Crippen LogP contribution in [0.25, 0.3) is 0 Å². The molecule has 0 aliphatic carbocycles. The van der Waals surface area contributed by atoms with Crippen molar-refractivity contribution in [2.45, 2.75) is 18.7 Å². The lowest BCUT2D eigenvalue weighted by Gasteiger charge is -2.10. The van der Waals surface area contributed by atoms with Crippen LogP contribution in [0.2, 0.25) is 0 Å². The van der Waals surface area contributed by atoms with Crippen molar-refractivity contribution >= 4 is 21.6 Å². The van der Waals surface area contributed by atoms with E-state index in [-0.39, 0.29) is 10.8 Å². The third-order valence-electron chi connectivity index (χ3n) is 2.72. The van der Waals surface area contributed by atoms with Gasteiger partial charge in [0.2, 0.25) is 5.88 Å². The van der Waals surface area contributed by atoms with Gasteiger partial charge in [0.1, 0.15) is 4.90 Å². The van der Waals surface area contributed by atoms with Gasteiger partial charge in [-0.1, -0.05) is 17.3 Å². The minimum Gasteiger partial charge on any atom is -0.337 e. The van der Waals surface area contributed by atoms with E-state index in [4.69, 9.17) is 10.4 Å². The minimum atomic E-state index is -3.79. The van der Waals surface area contributed by atoms with Crippen molar-refractivity contribution in [3.63, 3.8) is 0 Å². The molecule has 1 aromatic heterocycles. The SMILES string of the molecule is Cc1noc(NS(=O)(=O)c2ccccc2NN)c1C. The maximum Gasteiger partial charge on any atom is 0.266 e. The molecule has 0 amide bonds.